The Bertz CT molecular complexity index is 168. The Morgan fingerprint density at radius 2 is 1.50 bits per heavy atom. The molecule has 1 aliphatic rings. The summed E-state index contributed by atoms with van der Waals surface area (Å²) in [6, 6.07) is 0. The van der Waals surface area contributed by atoms with Gasteiger partial charge in [0.2, 0.25) is 0 Å². The van der Waals surface area contributed by atoms with Crippen LogP contribution in [0, 0.1) is 0 Å². The largest absolute Gasteiger partial charge is 0.308 e. The maximum Gasteiger partial charge on any atom is 0.0223 e. The third-order valence-corrected chi connectivity index (χ3v) is 3.45. The van der Waals surface area contributed by atoms with Crippen LogP contribution in [-0.2, 0) is 0 Å². The van der Waals surface area contributed by atoms with Gasteiger partial charge in [0.05, 0.1) is 0 Å². The van der Waals surface area contributed by atoms with Gasteiger partial charge in [-0.15, -0.1) is 11.6 Å². The Balaban J connectivity index is 2.04. The molecule has 1 saturated heterocycles. The molecule has 0 unspecified atom stereocenters. The second kappa shape index (κ2) is 8.29. The zero-order chi connectivity index (χ0) is 11.8. The molecule has 0 aromatic carbocycles. The molecule has 0 aromatic heterocycles. The van der Waals surface area contributed by atoms with Crippen LogP contribution in [0.5, 0.6) is 0 Å². The van der Waals surface area contributed by atoms with E-state index in [0.717, 1.165) is 12.3 Å². The summed E-state index contributed by atoms with van der Waals surface area (Å²) in [6.07, 6.45) is 2.41. The van der Waals surface area contributed by atoms with E-state index < -0.39 is 0 Å². The van der Waals surface area contributed by atoms with Crippen LogP contribution in [0.2, 0.25) is 0 Å². The van der Waals surface area contributed by atoms with Gasteiger partial charge in [0, 0.05) is 45.1 Å². The van der Waals surface area contributed by atoms with Gasteiger partial charge in [-0.3, -0.25) is 4.90 Å². The highest BCUT2D eigenvalue weighted by Crippen LogP contribution is 2.03. The standard InChI is InChI=1S/C12H26ClN3/c1-14(2)7-8-16-11-9-15(10-12-16)6-4-3-5-13/h3-12H2,1-2H3. The predicted molar refractivity (Wildman–Crippen MR) is 71.4 cm³/mol. The summed E-state index contributed by atoms with van der Waals surface area (Å²) in [5.74, 6) is 0.808. The highest BCUT2D eigenvalue weighted by molar-refractivity contribution is 6.17. The van der Waals surface area contributed by atoms with Crippen LogP contribution in [0.25, 0.3) is 0 Å². The summed E-state index contributed by atoms with van der Waals surface area (Å²) in [7, 11) is 4.28. The minimum atomic E-state index is 0.808. The molecule has 4 heteroatoms. The van der Waals surface area contributed by atoms with Crippen molar-refractivity contribution in [1.82, 2.24) is 14.7 Å². The third kappa shape index (κ3) is 6.04. The predicted octanol–water partition coefficient (Wildman–Crippen LogP) is 1.18. The number of rotatable bonds is 7. The van der Waals surface area contributed by atoms with E-state index in [9.17, 15) is 0 Å². The number of piperazine rings is 1. The second-order valence-electron chi connectivity index (χ2n) is 4.88. The first-order valence-corrected chi connectivity index (χ1v) is 6.91. The first-order valence-electron chi connectivity index (χ1n) is 6.38. The molecule has 96 valence electrons. The molecule has 0 radical (unpaired) electrons. The number of unbranched alkanes of at least 4 members (excludes halogenated alkanes) is 1. The van der Waals surface area contributed by atoms with Crippen LogP contribution in [0.4, 0.5) is 0 Å². The van der Waals surface area contributed by atoms with Crippen LogP contribution in [0.3, 0.4) is 0 Å². The summed E-state index contributed by atoms with van der Waals surface area (Å²) in [4.78, 5) is 7.39. The van der Waals surface area contributed by atoms with Gasteiger partial charge >= 0.3 is 0 Å². The smallest absolute Gasteiger partial charge is 0.0223 e. The van der Waals surface area contributed by atoms with Gasteiger partial charge in [0.25, 0.3) is 0 Å². The van der Waals surface area contributed by atoms with Gasteiger partial charge in [-0.25, -0.2) is 0 Å². The van der Waals surface area contributed by atoms with Crippen molar-refractivity contribution in [2.75, 3.05) is 65.8 Å². The Morgan fingerprint density at radius 1 is 0.938 bits per heavy atom. The maximum atomic E-state index is 5.68. The Labute approximate surface area is 105 Å². The van der Waals surface area contributed by atoms with E-state index in [1.807, 2.05) is 0 Å². The first kappa shape index (κ1) is 14.2. The van der Waals surface area contributed by atoms with Crippen LogP contribution < -0.4 is 0 Å². The molecule has 0 N–H and O–H groups in total. The molecule has 1 fully saturated rings. The van der Waals surface area contributed by atoms with Crippen molar-refractivity contribution in [3.05, 3.63) is 0 Å². The molecular weight excluding hydrogens is 222 g/mol. The zero-order valence-corrected chi connectivity index (χ0v) is 11.5. The van der Waals surface area contributed by atoms with E-state index in [1.165, 1.54) is 52.2 Å². The average Bonchev–Trinajstić information content (AvgIpc) is 2.28. The number of likely N-dealkylation sites (N-methyl/N-ethyl adjacent to an activating group) is 1. The Morgan fingerprint density at radius 3 is 2.00 bits per heavy atom. The van der Waals surface area contributed by atoms with Gasteiger partial charge < -0.3 is 9.80 Å². The Hall–Kier alpha value is 0.170. The van der Waals surface area contributed by atoms with Crippen molar-refractivity contribution in [2.24, 2.45) is 0 Å². The molecular formula is C12H26ClN3. The van der Waals surface area contributed by atoms with E-state index in [1.54, 1.807) is 0 Å². The lowest BCUT2D eigenvalue weighted by Gasteiger charge is -2.35. The fourth-order valence-corrected chi connectivity index (χ4v) is 2.20. The molecule has 0 atom stereocenters. The van der Waals surface area contributed by atoms with E-state index in [-0.39, 0.29) is 0 Å². The van der Waals surface area contributed by atoms with Crippen molar-refractivity contribution in [3.8, 4) is 0 Å². The van der Waals surface area contributed by atoms with Crippen molar-refractivity contribution < 1.29 is 0 Å². The van der Waals surface area contributed by atoms with Crippen molar-refractivity contribution in [1.29, 1.82) is 0 Å². The summed E-state index contributed by atoms with van der Waals surface area (Å²) in [6.45, 7) is 8.54. The molecule has 1 rings (SSSR count). The molecule has 3 nitrogen and oxygen atoms in total. The average molecular weight is 248 g/mol. The number of alkyl halides is 1. The van der Waals surface area contributed by atoms with Crippen LogP contribution in [0.1, 0.15) is 12.8 Å². The Kier molecular flexibility index (Phi) is 7.37. The molecule has 0 aromatic rings. The highest BCUT2D eigenvalue weighted by atomic mass is 35.5. The molecule has 1 heterocycles. The lowest BCUT2D eigenvalue weighted by atomic mass is 10.2. The maximum absolute atomic E-state index is 5.68. The SMILES string of the molecule is CN(C)CCN1CCN(CCCCCl)CC1. The summed E-state index contributed by atoms with van der Waals surface area (Å²) < 4.78 is 0. The van der Waals surface area contributed by atoms with Crippen LogP contribution in [-0.4, -0.2) is 80.5 Å². The minimum absolute atomic E-state index is 0.808. The number of nitrogens with zero attached hydrogens (tertiary/aromatic N) is 3. The second-order valence-corrected chi connectivity index (χ2v) is 5.26. The lowest BCUT2D eigenvalue weighted by molar-refractivity contribution is 0.124. The van der Waals surface area contributed by atoms with Crippen molar-refractivity contribution in [3.63, 3.8) is 0 Å². The topological polar surface area (TPSA) is 9.72 Å². The van der Waals surface area contributed by atoms with Crippen molar-refractivity contribution >= 4 is 11.6 Å². The third-order valence-electron chi connectivity index (χ3n) is 3.19. The monoisotopic (exact) mass is 247 g/mol. The van der Waals surface area contributed by atoms with E-state index >= 15 is 0 Å². The summed E-state index contributed by atoms with van der Waals surface area (Å²) >= 11 is 5.68. The normalized spacial score (nSPS) is 19.5. The lowest BCUT2D eigenvalue weighted by Crippen LogP contribution is -2.48. The highest BCUT2D eigenvalue weighted by Gasteiger charge is 2.15. The van der Waals surface area contributed by atoms with Crippen molar-refractivity contribution in [2.45, 2.75) is 12.8 Å². The molecule has 0 bridgehead atoms. The van der Waals surface area contributed by atoms with E-state index in [4.69, 9.17) is 11.6 Å². The number of halogens is 1. The van der Waals surface area contributed by atoms with E-state index in [2.05, 4.69) is 28.8 Å². The summed E-state index contributed by atoms with van der Waals surface area (Å²) in [5.41, 5.74) is 0. The van der Waals surface area contributed by atoms with Crippen LogP contribution in [0.15, 0.2) is 0 Å². The molecule has 0 aliphatic carbocycles. The van der Waals surface area contributed by atoms with Gasteiger partial charge in [0.1, 0.15) is 0 Å². The minimum Gasteiger partial charge on any atom is -0.308 e. The van der Waals surface area contributed by atoms with Gasteiger partial charge in [-0.05, 0) is 33.5 Å². The van der Waals surface area contributed by atoms with Gasteiger partial charge in [0.15, 0.2) is 0 Å². The number of hydrogen-bond donors (Lipinski definition) is 0. The molecule has 1 aliphatic heterocycles. The molecule has 0 amide bonds. The number of hydrogen-bond acceptors (Lipinski definition) is 3. The molecule has 16 heavy (non-hydrogen) atoms. The molecule has 0 saturated carbocycles. The first-order chi connectivity index (χ1) is 7.72. The zero-order valence-electron chi connectivity index (χ0n) is 10.8. The fourth-order valence-electron chi connectivity index (χ4n) is 2.01. The van der Waals surface area contributed by atoms with Gasteiger partial charge in [-0.1, -0.05) is 0 Å². The summed E-state index contributed by atoms with van der Waals surface area (Å²) in [5, 5.41) is 0. The van der Waals surface area contributed by atoms with Gasteiger partial charge in [-0.2, -0.15) is 0 Å². The van der Waals surface area contributed by atoms with Crippen LogP contribution >= 0.6 is 11.6 Å². The molecule has 0 spiro atoms. The quantitative estimate of drug-likeness (QED) is 0.494. The fraction of sp³-hybridized carbons (Fsp3) is 1.00. The van der Waals surface area contributed by atoms with E-state index in [0.29, 0.717) is 0 Å².